The molecule has 0 fully saturated rings. The van der Waals surface area contributed by atoms with Gasteiger partial charge in [0.1, 0.15) is 0 Å². The molecule has 9 aromatic rings. The molecule has 0 aliphatic heterocycles. The van der Waals surface area contributed by atoms with E-state index in [1.807, 2.05) is 12.2 Å². The SMILES string of the molecule is C=C/C=C\C(=C/C)P(c1ccccc1)c1cccc(-n2c3ccccc3c3ccc4c(cc5c6ccccc6c6ccccc6n54)c32)c1. The van der Waals surface area contributed by atoms with E-state index in [1.54, 1.807) is 0 Å². The summed E-state index contributed by atoms with van der Waals surface area (Å²) in [5.41, 5.74) is 7.30. The molecule has 0 saturated heterocycles. The third kappa shape index (κ3) is 4.30. The highest BCUT2D eigenvalue weighted by Crippen LogP contribution is 2.45. The monoisotopic (exact) mass is 632 g/mol. The molecular formula is C45H33N2P. The second-order valence-electron chi connectivity index (χ2n) is 12.2. The summed E-state index contributed by atoms with van der Waals surface area (Å²) in [6, 6.07) is 53.6. The largest absolute Gasteiger partial charge is 0.309 e. The average Bonchev–Trinajstić information content (AvgIpc) is 3.71. The molecule has 9 rings (SSSR count). The van der Waals surface area contributed by atoms with Gasteiger partial charge in [-0.2, -0.15) is 0 Å². The number of para-hydroxylation sites is 2. The van der Waals surface area contributed by atoms with Gasteiger partial charge in [-0.05, 0) is 72.6 Å². The Labute approximate surface area is 280 Å². The van der Waals surface area contributed by atoms with Crippen LogP contribution in [0.5, 0.6) is 0 Å². The van der Waals surface area contributed by atoms with Gasteiger partial charge in [-0.25, -0.2) is 0 Å². The van der Waals surface area contributed by atoms with Gasteiger partial charge in [0, 0.05) is 32.6 Å². The van der Waals surface area contributed by atoms with Gasteiger partial charge >= 0.3 is 0 Å². The Bertz CT molecular complexity index is 2760. The third-order valence-electron chi connectivity index (χ3n) is 9.57. The number of hydrogen-bond donors (Lipinski definition) is 0. The Morgan fingerprint density at radius 3 is 1.92 bits per heavy atom. The first-order valence-electron chi connectivity index (χ1n) is 16.4. The van der Waals surface area contributed by atoms with Gasteiger partial charge in [0.25, 0.3) is 0 Å². The standard InChI is InChI=1S/C45H33N2P/c1-3-5-17-32(4-2)48(33-18-7-6-8-19-33)34-20-15-16-31(29-34)46-41-25-13-12-24-38(41)39-27-28-43-40(45(39)46)30-44-37-23-10-9-21-35(37)36-22-11-14-26-42(36)47(43)44/h3-30H,1H2,2H3/b17-5-,32-4+. The summed E-state index contributed by atoms with van der Waals surface area (Å²) in [4.78, 5) is 0. The summed E-state index contributed by atoms with van der Waals surface area (Å²) in [6.45, 7) is 6.08. The van der Waals surface area contributed by atoms with E-state index in [9.17, 15) is 0 Å². The first kappa shape index (κ1) is 28.5. The number of fused-ring (bicyclic) bond motifs is 12. The number of hydrogen-bond acceptors (Lipinski definition) is 0. The van der Waals surface area contributed by atoms with Crippen molar-refractivity contribution in [1.82, 2.24) is 8.97 Å². The fourth-order valence-corrected chi connectivity index (χ4v) is 9.92. The summed E-state index contributed by atoms with van der Waals surface area (Å²) in [7, 11) is -0.786. The molecule has 3 heterocycles. The summed E-state index contributed by atoms with van der Waals surface area (Å²) >= 11 is 0. The van der Waals surface area contributed by atoms with Crippen LogP contribution in [0.25, 0.3) is 65.6 Å². The number of pyridine rings is 1. The van der Waals surface area contributed by atoms with E-state index in [2.05, 4.69) is 180 Å². The van der Waals surface area contributed by atoms with Crippen molar-refractivity contribution in [3.63, 3.8) is 0 Å². The van der Waals surface area contributed by atoms with E-state index in [1.165, 1.54) is 81.5 Å². The minimum atomic E-state index is -0.786. The molecular weight excluding hydrogens is 599 g/mol. The van der Waals surface area contributed by atoms with Crippen LogP contribution in [0.15, 0.2) is 182 Å². The zero-order valence-corrected chi connectivity index (χ0v) is 27.6. The number of aromatic nitrogens is 2. The molecule has 1 unspecified atom stereocenters. The summed E-state index contributed by atoms with van der Waals surface area (Å²) in [5.74, 6) is 0. The van der Waals surface area contributed by atoms with Crippen LogP contribution in [-0.4, -0.2) is 8.97 Å². The smallest absolute Gasteiger partial charge is 0.0635 e. The lowest BCUT2D eigenvalue weighted by Crippen LogP contribution is -2.13. The van der Waals surface area contributed by atoms with Crippen LogP contribution >= 0.6 is 7.92 Å². The van der Waals surface area contributed by atoms with E-state index in [4.69, 9.17) is 0 Å². The Morgan fingerprint density at radius 1 is 0.542 bits per heavy atom. The predicted octanol–water partition coefficient (Wildman–Crippen LogP) is 11.6. The topological polar surface area (TPSA) is 9.34 Å². The molecule has 2 nitrogen and oxygen atoms in total. The van der Waals surface area contributed by atoms with E-state index >= 15 is 0 Å². The zero-order chi connectivity index (χ0) is 32.2. The van der Waals surface area contributed by atoms with Crippen LogP contribution in [0.1, 0.15) is 6.92 Å². The van der Waals surface area contributed by atoms with E-state index < -0.39 is 7.92 Å². The van der Waals surface area contributed by atoms with Gasteiger partial charge in [-0.1, -0.05) is 140 Å². The van der Waals surface area contributed by atoms with Crippen LogP contribution in [-0.2, 0) is 0 Å². The maximum absolute atomic E-state index is 3.94. The molecule has 0 amide bonds. The normalized spacial score (nSPS) is 13.1. The van der Waals surface area contributed by atoms with Gasteiger partial charge in [0.05, 0.1) is 27.6 Å². The van der Waals surface area contributed by atoms with Crippen molar-refractivity contribution in [3.8, 4) is 5.69 Å². The Hall–Kier alpha value is -5.69. The minimum Gasteiger partial charge on any atom is -0.309 e. The first-order chi connectivity index (χ1) is 23.8. The van der Waals surface area contributed by atoms with Crippen molar-refractivity contribution >= 4 is 78.4 Å². The Morgan fingerprint density at radius 2 is 1.17 bits per heavy atom. The molecule has 3 heteroatoms. The summed E-state index contributed by atoms with van der Waals surface area (Å²) in [5, 5.41) is 11.5. The molecule has 6 aromatic carbocycles. The molecule has 0 aliphatic carbocycles. The van der Waals surface area contributed by atoms with Crippen LogP contribution in [0, 0.1) is 0 Å². The Kier molecular flexibility index (Phi) is 6.85. The highest BCUT2D eigenvalue weighted by Gasteiger charge is 2.21. The zero-order valence-electron chi connectivity index (χ0n) is 26.7. The number of rotatable bonds is 6. The third-order valence-corrected chi connectivity index (χ3v) is 12.1. The van der Waals surface area contributed by atoms with E-state index in [0.29, 0.717) is 0 Å². The maximum Gasteiger partial charge on any atom is 0.0635 e. The van der Waals surface area contributed by atoms with E-state index in [0.717, 1.165) is 0 Å². The highest BCUT2D eigenvalue weighted by atomic mass is 31.1. The summed E-state index contributed by atoms with van der Waals surface area (Å²) < 4.78 is 4.96. The fraction of sp³-hybridized carbons (Fsp3) is 0.0222. The average molecular weight is 633 g/mol. The van der Waals surface area contributed by atoms with Crippen LogP contribution in [0.4, 0.5) is 0 Å². The summed E-state index contributed by atoms with van der Waals surface area (Å²) in [6.07, 6.45) is 8.36. The molecule has 1 atom stereocenters. The maximum atomic E-state index is 3.94. The molecule has 0 aliphatic rings. The lowest BCUT2D eigenvalue weighted by molar-refractivity contribution is 1.19. The van der Waals surface area contributed by atoms with Crippen LogP contribution < -0.4 is 10.6 Å². The van der Waals surface area contributed by atoms with Crippen LogP contribution in [0.2, 0.25) is 0 Å². The Balaban J connectivity index is 1.38. The van der Waals surface area contributed by atoms with Gasteiger partial charge in [0.2, 0.25) is 0 Å². The molecule has 0 bridgehead atoms. The molecule has 3 aromatic heterocycles. The molecule has 228 valence electrons. The molecule has 0 radical (unpaired) electrons. The first-order valence-corrected chi connectivity index (χ1v) is 17.8. The van der Waals surface area contributed by atoms with Gasteiger partial charge in [-0.3, -0.25) is 0 Å². The predicted molar refractivity (Wildman–Crippen MR) is 210 cm³/mol. The highest BCUT2D eigenvalue weighted by molar-refractivity contribution is 7.77. The molecule has 0 spiro atoms. The van der Waals surface area contributed by atoms with E-state index in [-0.39, 0.29) is 0 Å². The lowest BCUT2D eigenvalue weighted by atomic mass is 10.1. The van der Waals surface area contributed by atoms with Gasteiger partial charge in [0.15, 0.2) is 0 Å². The second-order valence-corrected chi connectivity index (χ2v) is 14.4. The fourth-order valence-electron chi connectivity index (χ4n) is 7.57. The number of nitrogens with zero attached hydrogens (tertiary/aromatic N) is 2. The van der Waals surface area contributed by atoms with Crippen molar-refractivity contribution < 1.29 is 0 Å². The van der Waals surface area contributed by atoms with Gasteiger partial charge in [-0.15, -0.1) is 0 Å². The second kappa shape index (κ2) is 11.5. The number of benzene rings is 6. The quantitative estimate of drug-likeness (QED) is 0.0980. The van der Waals surface area contributed by atoms with Crippen molar-refractivity contribution in [2.45, 2.75) is 6.92 Å². The molecule has 48 heavy (non-hydrogen) atoms. The van der Waals surface area contributed by atoms with Crippen molar-refractivity contribution in [1.29, 1.82) is 0 Å². The molecule has 0 saturated carbocycles. The minimum absolute atomic E-state index is 0.786. The van der Waals surface area contributed by atoms with Crippen molar-refractivity contribution in [2.24, 2.45) is 0 Å². The molecule has 0 N–H and O–H groups in total. The lowest BCUT2D eigenvalue weighted by Gasteiger charge is -2.21. The van der Waals surface area contributed by atoms with Gasteiger partial charge < -0.3 is 8.97 Å². The number of allylic oxidation sites excluding steroid dienone is 5. The van der Waals surface area contributed by atoms with Crippen molar-refractivity contribution in [2.75, 3.05) is 0 Å². The van der Waals surface area contributed by atoms with Crippen LogP contribution in [0.3, 0.4) is 0 Å². The van der Waals surface area contributed by atoms with Crippen molar-refractivity contribution in [3.05, 3.63) is 182 Å².